The van der Waals surface area contributed by atoms with E-state index in [1.165, 1.54) is 0 Å². The van der Waals surface area contributed by atoms with Crippen LogP contribution in [0.25, 0.3) is 17.0 Å². The summed E-state index contributed by atoms with van der Waals surface area (Å²) >= 11 is 6.34. The second-order valence-corrected chi connectivity index (χ2v) is 9.25. The SMILES string of the molecule is Clc1ccccc1NC1CCN(c2nc(C3CNCCO3)nc(-n3cnc4ccccc43)n2)CC1. The molecule has 2 saturated heterocycles. The highest BCUT2D eigenvalue weighted by Crippen LogP contribution is 2.26. The van der Waals surface area contributed by atoms with E-state index >= 15 is 0 Å². The third-order valence-corrected chi connectivity index (χ3v) is 6.85. The van der Waals surface area contributed by atoms with Crippen LogP contribution in [-0.4, -0.2) is 63.3 Å². The van der Waals surface area contributed by atoms with Gasteiger partial charge in [-0.15, -0.1) is 0 Å². The van der Waals surface area contributed by atoms with Crippen molar-refractivity contribution < 1.29 is 4.74 Å². The molecule has 0 radical (unpaired) electrons. The molecule has 180 valence electrons. The Hall–Kier alpha value is -3.27. The third-order valence-electron chi connectivity index (χ3n) is 6.53. The fraction of sp³-hybridized carbons (Fsp3) is 0.360. The average molecular weight is 491 g/mol. The minimum Gasteiger partial charge on any atom is -0.381 e. The maximum Gasteiger partial charge on any atom is 0.240 e. The number of nitrogens with zero attached hydrogens (tertiary/aromatic N) is 6. The molecule has 10 heteroatoms. The number of piperidine rings is 1. The molecule has 2 aromatic heterocycles. The van der Waals surface area contributed by atoms with Gasteiger partial charge in [0.1, 0.15) is 12.4 Å². The molecule has 0 saturated carbocycles. The van der Waals surface area contributed by atoms with Gasteiger partial charge in [-0.25, -0.2) is 4.98 Å². The predicted octanol–water partition coefficient (Wildman–Crippen LogP) is 3.61. The lowest BCUT2D eigenvalue weighted by Crippen LogP contribution is -2.40. The van der Waals surface area contributed by atoms with Crippen molar-refractivity contribution in [2.75, 3.05) is 43.0 Å². The molecule has 4 aromatic rings. The Morgan fingerprint density at radius 3 is 2.60 bits per heavy atom. The van der Waals surface area contributed by atoms with Crippen molar-refractivity contribution in [1.29, 1.82) is 0 Å². The monoisotopic (exact) mass is 490 g/mol. The van der Waals surface area contributed by atoms with Gasteiger partial charge in [-0.05, 0) is 37.1 Å². The first-order valence-corrected chi connectivity index (χ1v) is 12.4. The van der Waals surface area contributed by atoms with E-state index in [9.17, 15) is 0 Å². The van der Waals surface area contributed by atoms with Crippen LogP contribution < -0.4 is 15.5 Å². The number of halogens is 1. The second-order valence-electron chi connectivity index (χ2n) is 8.85. The van der Waals surface area contributed by atoms with Crippen molar-refractivity contribution in [1.82, 2.24) is 29.8 Å². The van der Waals surface area contributed by atoms with Crippen molar-refractivity contribution in [2.45, 2.75) is 25.0 Å². The molecule has 1 unspecified atom stereocenters. The van der Waals surface area contributed by atoms with Crippen LogP contribution in [0.2, 0.25) is 5.02 Å². The summed E-state index contributed by atoms with van der Waals surface area (Å²) in [5.41, 5.74) is 2.84. The Morgan fingerprint density at radius 1 is 0.971 bits per heavy atom. The number of rotatable bonds is 5. The topological polar surface area (TPSA) is 93.0 Å². The quantitative estimate of drug-likeness (QED) is 0.438. The van der Waals surface area contributed by atoms with Gasteiger partial charge >= 0.3 is 0 Å². The van der Waals surface area contributed by atoms with Gasteiger partial charge in [0.05, 0.1) is 28.4 Å². The molecule has 2 fully saturated rings. The zero-order chi connectivity index (χ0) is 23.6. The minimum absolute atomic E-state index is 0.210. The largest absolute Gasteiger partial charge is 0.381 e. The lowest BCUT2D eigenvalue weighted by atomic mass is 10.0. The van der Waals surface area contributed by atoms with E-state index in [4.69, 9.17) is 31.3 Å². The smallest absolute Gasteiger partial charge is 0.240 e. The van der Waals surface area contributed by atoms with Gasteiger partial charge in [-0.2, -0.15) is 15.0 Å². The number of fused-ring (bicyclic) bond motifs is 1. The highest BCUT2D eigenvalue weighted by atomic mass is 35.5. The molecular weight excluding hydrogens is 464 g/mol. The Labute approximate surface area is 208 Å². The van der Waals surface area contributed by atoms with Crippen LogP contribution in [0.4, 0.5) is 11.6 Å². The number of nitrogens with one attached hydrogen (secondary N) is 2. The van der Waals surface area contributed by atoms with E-state index in [1.807, 2.05) is 53.1 Å². The minimum atomic E-state index is -0.210. The number of benzene rings is 2. The standard InChI is InChI=1S/C25H27ClN8O/c26-18-5-1-2-6-19(18)29-17-9-12-33(13-10-17)24-30-23(22-15-27-11-14-35-22)31-25(32-24)34-16-28-20-7-3-4-8-21(20)34/h1-8,16-17,22,27,29H,9-15H2. The first-order chi connectivity index (χ1) is 17.2. The average Bonchev–Trinajstić information content (AvgIpc) is 3.35. The lowest BCUT2D eigenvalue weighted by Gasteiger charge is -2.33. The molecule has 2 aromatic carbocycles. The Balaban J connectivity index is 1.27. The normalized spacial score (nSPS) is 19.2. The van der Waals surface area contributed by atoms with E-state index < -0.39 is 0 Å². The summed E-state index contributed by atoms with van der Waals surface area (Å²) in [7, 11) is 0. The Kier molecular flexibility index (Phi) is 6.20. The molecule has 35 heavy (non-hydrogen) atoms. The summed E-state index contributed by atoms with van der Waals surface area (Å²) in [4.78, 5) is 21.3. The van der Waals surface area contributed by atoms with Crippen LogP contribution in [0.1, 0.15) is 24.8 Å². The lowest BCUT2D eigenvalue weighted by molar-refractivity contribution is 0.0220. The van der Waals surface area contributed by atoms with Crippen LogP contribution in [0.3, 0.4) is 0 Å². The van der Waals surface area contributed by atoms with Gasteiger partial charge in [0.15, 0.2) is 5.82 Å². The van der Waals surface area contributed by atoms with E-state index in [2.05, 4.69) is 20.5 Å². The molecule has 2 aliphatic heterocycles. The Bertz CT molecular complexity index is 1310. The highest BCUT2D eigenvalue weighted by Gasteiger charge is 2.26. The van der Waals surface area contributed by atoms with E-state index in [-0.39, 0.29) is 6.10 Å². The summed E-state index contributed by atoms with van der Waals surface area (Å²) in [5.74, 6) is 1.88. The summed E-state index contributed by atoms with van der Waals surface area (Å²) in [6.45, 7) is 3.81. The van der Waals surface area contributed by atoms with Crippen molar-refractivity contribution in [2.24, 2.45) is 0 Å². The van der Waals surface area contributed by atoms with Crippen LogP contribution in [0, 0.1) is 0 Å². The van der Waals surface area contributed by atoms with Crippen LogP contribution in [-0.2, 0) is 4.74 Å². The van der Waals surface area contributed by atoms with Crippen LogP contribution in [0.15, 0.2) is 54.9 Å². The first-order valence-electron chi connectivity index (χ1n) is 12.0. The van der Waals surface area contributed by atoms with Gasteiger partial charge in [0.2, 0.25) is 11.9 Å². The van der Waals surface area contributed by atoms with Gasteiger partial charge in [-0.3, -0.25) is 4.57 Å². The molecule has 4 heterocycles. The fourth-order valence-corrected chi connectivity index (χ4v) is 4.82. The van der Waals surface area contributed by atoms with Crippen LogP contribution >= 0.6 is 11.6 Å². The zero-order valence-corrected chi connectivity index (χ0v) is 20.0. The molecule has 0 spiro atoms. The number of morpholine rings is 1. The molecule has 9 nitrogen and oxygen atoms in total. The number of aromatic nitrogens is 5. The summed E-state index contributed by atoms with van der Waals surface area (Å²) in [5, 5.41) is 7.70. The van der Waals surface area contributed by atoms with Crippen molar-refractivity contribution in [3.8, 4) is 5.95 Å². The number of anilines is 2. The molecule has 0 aliphatic carbocycles. The van der Waals surface area contributed by atoms with E-state index in [0.717, 1.165) is 54.2 Å². The summed E-state index contributed by atoms with van der Waals surface area (Å²) < 4.78 is 7.90. The maximum atomic E-state index is 6.34. The number of hydrogen-bond donors (Lipinski definition) is 2. The molecule has 1 atom stereocenters. The molecule has 0 amide bonds. The molecule has 0 bridgehead atoms. The molecule has 2 aliphatic rings. The third kappa shape index (κ3) is 4.67. The fourth-order valence-electron chi connectivity index (χ4n) is 4.63. The second kappa shape index (κ2) is 9.77. The van der Waals surface area contributed by atoms with Crippen molar-refractivity contribution >= 4 is 34.3 Å². The van der Waals surface area contributed by atoms with Gasteiger partial charge in [-0.1, -0.05) is 35.9 Å². The van der Waals surface area contributed by atoms with Crippen molar-refractivity contribution in [3.63, 3.8) is 0 Å². The highest BCUT2D eigenvalue weighted by molar-refractivity contribution is 6.33. The van der Waals surface area contributed by atoms with Crippen LogP contribution in [0.5, 0.6) is 0 Å². The molecular formula is C25H27ClN8O. The van der Waals surface area contributed by atoms with Gasteiger partial charge in [0, 0.05) is 32.2 Å². The summed E-state index contributed by atoms with van der Waals surface area (Å²) in [6.07, 6.45) is 3.47. The number of para-hydroxylation sites is 3. The first kappa shape index (κ1) is 22.2. The molecule has 2 N–H and O–H groups in total. The summed E-state index contributed by atoms with van der Waals surface area (Å²) in [6, 6.07) is 16.2. The number of ether oxygens (including phenoxy) is 1. The van der Waals surface area contributed by atoms with Gasteiger partial charge < -0.3 is 20.3 Å². The number of imidazole rings is 1. The predicted molar refractivity (Wildman–Crippen MR) is 136 cm³/mol. The molecule has 6 rings (SSSR count). The maximum absolute atomic E-state index is 6.34. The number of hydrogen-bond acceptors (Lipinski definition) is 8. The zero-order valence-electron chi connectivity index (χ0n) is 19.3. The van der Waals surface area contributed by atoms with Crippen molar-refractivity contribution in [3.05, 3.63) is 65.7 Å². The van der Waals surface area contributed by atoms with Gasteiger partial charge in [0.25, 0.3) is 0 Å². The Morgan fingerprint density at radius 2 is 1.77 bits per heavy atom. The van der Waals surface area contributed by atoms with E-state index in [1.54, 1.807) is 6.33 Å². The van der Waals surface area contributed by atoms with E-state index in [0.29, 0.717) is 36.9 Å².